The Hall–Kier alpha value is 2.36. The predicted octanol–water partition coefficient (Wildman–Crippen LogP) is 14.6. The molecule has 0 aliphatic rings. The Bertz CT molecular complexity index is 1590. The highest BCUT2D eigenvalue weighted by molar-refractivity contribution is 6.97. The second-order valence-corrected chi connectivity index (χ2v) is 96.4. The summed E-state index contributed by atoms with van der Waals surface area (Å²) in [7, 11) is -27.9. The van der Waals surface area contributed by atoms with E-state index in [9.17, 15) is 20.4 Å². The van der Waals surface area contributed by atoms with Crippen LogP contribution >= 0.6 is 0 Å². The second-order valence-electron chi connectivity index (χ2n) is 34.8. The van der Waals surface area contributed by atoms with Crippen LogP contribution in [0, 0.1) is 10.8 Å². The fourth-order valence-electron chi connectivity index (χ4n) is 10.2. The van der Waals surface area contributed by atoms with E-state index in [4.69, 9.17) is 56.0 Å². The largest absolute Gasteiger partial charge is 0.469 e. The van der Waals surface area contributed by atoms with Gasteiger partial charge in [-0.1, -0.05) is 19.6 Å². The molecule has 0 rings (SSSR count). The van der Waals surface area contributed by atoms with Crippen molar-refractivity contribution in [1.29, 1.82) is 0 Å². The lowest BCUT2D eigenvalue weighted by atomic mass is 9.92. The molecule has 31 heteroatoms. The van der Waals surface area contributed by atoms with Gasteiger partial charge in [0, 0.05) is 40.5 Å². The van der Waals surface area contributed by atoms with E-state index in [1.165, 1.54) is 0 Å². The summed E-state index contributed by atoms with van der Waals surface area (Å²) in [6, 6.07) is 3.32. The second kappa shape index (κ2) is 37.2. The highest BCUT2D eigenvalue weighted by atomic mass is 28.5. The number of ether oxygens (including phenoxy) is 4. The first-order valence-corrected chi connectivity index (χ1v) is 75.8. The summed E-state index contributed by atoms with van der Waals surface area (Å²) in [6.07, 6.45) is 3.20. The molecule has 0 heterocycles. The Kier molecular flexibility index (Phi) is 39.1. The standard InChI is InChI=1S/C30H78O9Si8.C25H64O8Si6/c1-40(2,3)29-46(35-41(4,5)6,36-42(7,8)9)23-19-21-33-27-30(25-31,26-32)28-34-22-20-24-47(37-43(10,11)12,38-44(13,14)15)39-45(16,17)18;1-34(2,3)30-38(13,31-35(4,5)6)19-15-17-28-23-25(21-26,22-27)24-29-18-16-20-39(14,32-36(7,8)9)33-37(10,11)12/h31-32H,19-29H2,1-18H3;26-27H,15-24H2,1-14H3. The third-order valence-electron chi connectivity index (χ3n) is 11.7. The van der Waals surface area contributed by atoms with Gasteiger partial charge in [0.15, 0.2) is 74.9 Å². The molecule has 0 atom stereocenters. The highest BCUT2D eigenvalue weighted by Gasteiger charge is 2.51. The van der Waals surface area contributed by atoms with E-state index in [-0.39, 0.29) is 52.9 Å². The lowest BCUT2D eigenvalue weighted by Gasteiger charge is -2.43. The first-order valence-electron chi connectivity index (χ1n) is 32.2. The third kappa shape index (κ3) is 48.1. The summed E-state index contributed by atoms with van der Waals surface area (Å²) >= 11 is 0. The summed E-state index contributed by atoms with van der Waals surface area (Å²) in [4.78, 5) is 0. The average Bonchev–Trinajstić information content (AvgIpc) is 3.45. The van der Waals surface area contributed by atoms with Gasteiger partial charge in [-0.05, 0) is 239 Å². The maximum absolute atomic E-state index is 10.3. The Balaban J connectivity index is 0. The molecule has 0 radical (unpaired) electrons. The van der Waals surface area contributed by atoms with Gasteiger partial charge in [-0.15, -0.1) is 0 Å². The average molecular weight is 1470 g/mol. The van der Waals surface area contributed by atoms with Crippen LogP contribution in [0.5, 0.6) is 0 Å². The van der Waals surface area contributed by atoms with Crippen LogP contribution in [0.2, 0.25) is 239 Å². The number of hydrogen-bond donors (Lipinski definition) is 4. The lowest BCUT2D eigenvalue weighted by Crippen LogP contribution is -2.60. The maximum atomic E-state index is 10.3. The van der Waals surface area contributed by atoms with E-state index < -0.39 is 128 Å². The zero-order valence-electron chi connectivity index (χ0n) is 61.9. The topological polar surface area (TPSA) is 201 Å². The van der Waals surface area contributed by atoms with E-state index in [2.05, 4.69) is 210 Å². The Labute approximate surface area is 545 Å². The Morgan fingerprint density at radius 3 is 0.663 bits per heavy atom. The summed E-state index contributed by atoms with van der Waals surface area (Å²) in [5.74, 6) is 0. The lowest BCUT2D eigenvalue weighted by molar-refractivity contribution is -0.0770. The van der Waals surface area contributed by atoms with Gasteiger partial charge in [0.25, 0.3) is 0 Å². The number of rotatable bonds is 48. The van der Waals surface area contributed by atoms with Crippen molar-refractivity contribution in [2.24, 2.45) is 10.8 Å². The SMILES string of the molecule is C[Si](C)(C)C[Si](CCCOCC(CO)(CO)COCCC[Si](O[Si](C)(C)C)(O[Si](C)(C)C)O[Si](C)(C)C)(O[Si](C)(C)C)O[Si](C)(C)C.C[Si](C)(C)O[Si](C)(CCCOCC(CO)(CO)COCCC[Si](C)(O[Si](C)(C)C)O[Si](C)(C)C)O[Si](C)(C)C. The summed E-state index contributed by atoms with van der Waals surface area (Å²) < 4.78 is 84.8. The first-order chi connectivity index (χ1) is 38.1. The molecule has 0 aliphatic heterocycles. The molecule has 520 valence electrons. The minimum Gasteiger partial charge on any atom is -0.437 e. The number of hydrogen-bond acceptors (Lipinski definition) is 17. The van der Waals surface area contributed by atoms with Crippen LogP contribution in [0.15, 0.2) is 0 Å². The van der Waals surface area contributed by atoms with Crippen LogP contribution in [-0.2, 0) is 56.0 Å². The van der Waals surface area contributed by atoms with Gasteiger partial charge >= 0.3 is 34.5 Å². The molecule has 17 nitrogen and oxygen atoms in total. The van der Waals surface area contributed by atoms with Crippen molar-refractivity contribution in [3.05, 3.63) is 0 Å². The minimum atomic E-state index is -2.93. The van der Waals surface area contributed by atoms with Crippen molar-refractivity contribution in [3.8, 4) is 0 Å². The highest BCUT2D eigenvalue weighted by Crippen LogP contribution is 2.35. The Morgan fingerprint density at radius 1 is 0.256 bits per heavy atom. The molecule has 0 aliphatic carbocycles. The molecule has 86 heavy (non-hydrogen) atoms. The summed E-state index contributed by atoms with van der Waals surface area (Å²) in [6.45, 7) is 73.5. The molecule has 0 spiro atoms. The van der Waals surface area contributed by atoms with E-state index in [1.54, 1.807) is 0 Å². The van der Waals surface area contributed by atoms with Crippen molar-refractivity contribution in [2.75, 3.05) is 79.3 Å². The van der Waals surface area contributed by atoms with Crippen molar-refractivity contribution in [3.63, 3.8) is 0 Å². The van der Waals surface area contributed by atoms with Gasteiger partial charge in [0.05, 0.1) is 63.7 Å². The smallest absolute Gasteiger partial charge is 0.437 e. The van der Waals surface area contributed by atoms with Gasteiger partial charge in [0.1, 0.15) is 0 Å². The fraction of sp³-hybridized carbons (Fsp3) is 1.00. The summed E-state index contributed by atoms with van der Waals surface area (Å²) in [5.41, 5.74) is -0.614. The van der Waals surface area contributed by atoms with Crippen molar-refractivity contribution >= 4 is 117 Å². The van der Waals surface area contributed by atoms with E-state index in [1.807, 2.05) is 0 Å². The fourth-order valence-corrected chi connectivity index (χ4v) is 69.8. The van der Waals surface area contributed by atoms with Crippen molar-refractivity contribution in [2.45, 2.75) is 265 Å². The van der Waals surface area contributed by atoms with E-state index >= 15 is 0 Å². The molecule has 0 aromatic rings. The van der Waals surface area contributed by atoms with Crippen LogP contribution < -0.4 is 0 Å². The van der Waals surface area contributed by atoms with Gasteiger partial charge in [-0.2, -0.15) is 0 Å². The number of aliphatic hydroxyl groups excluding tert-OH is 4. The maximum Gasteiger partial charge on any atom is 0.469 e. The van der Waals surface area contributed by atoms with Crippen LogP contribution in [0.25, 0.3) is 0 Å². The van der Waals surface area contributed by atoms with E-state index in [0.29, 0.717) is 32.5 Å². The third-order valence-corrected chi connectivity index (χ3v) is 58.4. The minimum absolute atomic E-state index is 0.197. The molecule has 0 fully saturated rings. The van der Waals surface area contributed by atoms with Crippen LogP contribution in [0.3, 0.4) is 0 Å². The van der Waals surface area contributed by atoms with Crippen LogP contribution in [0.4, 0.5) is 0 Å². The zero-order valence-corrected chi connectivity index (χ0v) is 75.9. The molecule has 0 unspecified atom stereocenters. The normalized spacial score (nSPS) is 14.9. The van der Waals surface area contributed by atoms with Gasteiger partial charge in [-0.3, -0.25) is 0 Å². The molecular formula is C55H142O17Si14. The number of aliphatic hydroxyl groups is 4. The molecular weight excluding hydrogens is 1330 g/mol. The predicted molar refractivity (Wildman–Crippen MR) is 397 cm³/mol. The van der Waals surface area contributed by atoms with Crippen LogP contribution in [0.1, 0.15) is 25.7 Å². The monoisotopic (exact) mass is 1470 g/mol. The van der Waals surface area contributed by atoms with E-state index in [0.717, 1.165) is 49.5 Å². The molecule has 0 aromatic carbocycles. The molecule has 0 aromatic heterocycles. The quantitative estimate of drug-likeness (QED) is 0.0331. The van der Waals surface area contributed by atoms with Gasteiger partial charge < -0.3 is 76.4 Å². The molecule has 0 saturated carbocycles. The molecule has 0 bridgehead atoms. The first kappa shape index (κ1) is 90.4. The summed E-state index contributed by atoms with van der Waals surface area (Å²) in [5, 5.41) is 40.9. The van der Waals surface area contributed by atoms with Crippen LogP contribution in [-0.4, -0.2) is 217 Å². The molecule has 4 N–H and O–H groups in total. The van der Waals surface area contributed by atoms with Gasteiger partial charge in [0.2, 0.25) is 0 Å². The van der Waals surface area contributed by atoms with Crippen molar-refractivity contribution in [1.82, 2.24) is 0 Å². The molecule has 0 saturated heterocycles. The van der Waals surface area contributed by atoms with Gasteiger partial charge in [-0.25, -0.2) is 0 Å². The van der Waals surface area contributed by atoms with Crippen molar-refractivity contribution < 1.29 is 76.4 Å². The Morgan fingerprint density at radius 2 is 0.465 bits per heavy atom. The molecule has 0 amide bonds. The zero-order chi connectivity index (χ0) is 68.0.